The molecule has 2 rings (SSSR count). The monoisotopic (exact) mass is 387 g/mol. The highest BCUT2D eigenvalue weighted by Gasteiger charge is 2.35. The fourth-order valence-electron chi connectivity index (χ4n) is 2.91. The summed E-state index contributed by atoms with van der Waals surface area (Å²) >= 11 is 5.99. The third-order valence-corrected chi connectivity index (χ3v) is 5.56. The second-order valence-corrected chi connectivity index (χ2v) is 8.23. The van der Waals surface area contributed by atoms with Crippen molar-refractivity contribution in [3.63, 3.8) is 0 Å². The lowest BCUT2D eigenvalue weighted by Gasteiger charge is -2.37. The number of anilines is 1. The van der Waals surface area contributed by atoms with Gasteiger partial charge < -0.3 is 9.80 Å². The van der Waals surface area contributed by atoms with Crippen LogP contribution in [0.2, 0.25) is 5.02 Å². The molecule has 2 amide bonds. The number of piperazine rings is 1. The molecule has 1 atom stereocenters. The predicted octanol–water partition coefficient (Wildman–Crippen LogP) is 1.19. The van der Waals surface area contributed by atoms with E-state index in [2.05, 4.69) is 0 Å². The normalized spacial score (nSPS) is 16.4. The molecule has 1 aromatic carbocycles. The maximum Gasteiger partial charge on any atom is 0.246 e. The van der Waals surface area contributed by atoms with Crippen LogP contribution in [0.25, 0.3) is 0 Å². The van der Waals surface area contributed by atoms with Crippen molar-refractivity contribution < 1.29 is 18.0 Å². The topological polar surface area (TPSA) is 78.0 Å². The fourth-order valence-corrected chi connectivity index (χ4v) is 4.30. The van der Waals surface area contributed by atoms with Gasteiger partial charge in [0.15, 0.2) is 0 Å². The van der Waals surface area contributed by atoms with Crippen LogP contribution in [0.3, 0.4) is 0 Å². The van der Waals surface area contributed by atoms with Crippen LogP contribution in [-0.2, 0) is 19.6 Å². The zero-order valence-corrected chi connectivity index (χ0v) is 15.8. The molecule has 1 heterocycles. The van der Waals surface area contributed by atoms with Gasteiger partial charge in [-0.15, -0.1) is 0 Å². The van der Waals surface area contributed by atoms with E-state index < -0.39 is 16.1 Å². The highest BCUT2D eigenvalue weighted by Crippen LogP contribution is 2.26. The summed E-state index contributed by atoms with van der Waals surface area (Å²) in [4.78, 5) is 27.0. The van der Waals surface area contributed by atoms with Crippen molar-refractivity contribution in [3.8, 4) is 0 Å². The first-order valence-corrected chi connectivity index (χ1v) is 10.2. The van der Waals surface area contributed by atoms with Gasteiger partial charge in [-0.3, -0.25) is 13.9 Å². The van der Waals surface area contributed by atoms with E-state index in [-0.39, 0.29) is 5.91 Å². The minimum Gasteiger partial charge on any atom is -0.342 e. The highest BCUT2D eigenvalue weighted by atomic mass is 35.5. The lowest BCUT2D eigenvalue weighted by atomic mass is 10.1. The second-order valence-electron chi connectivity index (χ2n) is 5.93. The van der Waals surface area contributed by atoms with Gasteiger partial charge >= 0.3 is 0 Å². The van der Waals surface area contributed by atoms with Crippen molar-refractivity contribution in [1.82, 2.24) is 9.80 Å². The zero-order chi connectivity index (χ0) is 18.6. The van der Waals surface area contributed by atoms with Crippen LogP contribution in [0.1, 0.15) is 13.3 Å². The van der Waals surface area contributed by atoms with Crippen LogP contribution in [-0.4, -0.2) is 69.0 Å². The molecule has 0 spiro atoms. The van der Waals surface area contributed by atoms with Crippen LogP contribution in [0.5, 0.6) is 0 Å². The van der Waals surface area contributed by atoms with E-state index in [0.29, 0.717) is 43.3 Å². The van der Waals surface area contributed by atoms with E-state index in [9.17, 15) is 18.0 Å². The van der Waals surface area contributed by atoms with Gasteiger partial charge in [-0.1, -0.05) is 24.6 Å². The molecular weight excluding hydrogens is 366 g/mol. The molecule has 138 valence electrons. The Morgan fingerprint density at radius 3 is 2.44 bits per heavy atom. The maximum atomic E-state index is 13.0. The molecule has 1 aliphatic heterocycles. The van der Waals surface area contributed by atoms with Crippen LogP contribution < -0.4 is 4.31 Å². The number of carbonyl (C=O) groups is 2. The standard InChI is InChI=1S/C16H22ClN3O4S/c1-3-15(16(22)19-9-7-18(12-21)8-10-19)20(25(2,23)24)14-6-4-5-13(17)11-14/h4-6,11-12,15H,3,7-10H2,1-2H3/t15-/m1/s1. The first-order valence-electron chi connectivity index (χ1n) is 8.01. The minimum absolute atomic E-state index is 0.265. The quantitative estimate of drug-likeness (QED) is 0.687. The van der Waals surface area contributed by atoms with Gasteiger partial charge in [0.1, 0.15) is 6.04 Å². The summed E-state index contributed by atoms with van der Waals surface area (Å²) in [6, 6.07) is 5.59. The van der Waals surface area contributed by atoms with Crippen molar-refractivity contribution in [2.45, 2.75) is 19.4 Å². The summed E-state index contributed by atoms with van der Waals surface area (Å²) < 4.78 is 25.9. The largest absolute Gasteiger partial charge is 0.342 e. The Labute approximate surface area is 153 Å². The number of sulfonamides is 1. The highest BCUT2D eigenvalue weighted by molar-refractivity contribution is 7.92. The molecule has 0 saturated carbocycles. The molecule has 1 aromatic rings. The van der Waals surface area contributed by atoms with Crippen molar-refractivity contribution >= 4 is 39.6 Å². The number of nitrogens with zero attached hydrogens (tertiary/aromatic N) is 3. The number of halogens is 1. The van der Waals surface area contributed by atoms with Gasteiger partial charge in [0, 0.05) is 31.2 Å². The van der Waals surface area contributed by atoms with Crippen LogP contribution in [0.4, 0.5) is 5.69 Å². The minimum atomic E-state index is -3.68. The van der Waals surface area contributed by atoms with Crippen molar-refractivity contribution in [2.75, 3.05) is 36.7 Å². The molecule has 1 fully saturated rings. The molecule has 0 aliphatic carbocycles. The molecule has 0 radical (unpaired) electrons. The maximum absolute atomic E-state index is 13.0. The molecule has 1 saturated heterocycles. The second kappa shape index (κ2) is 8.05. The smallest absolute Gasteiger partial charge is 0.246 e. The molecule has 0 unspecified atom stereocenters. The Balaban J connectivity index is 2.31. The van der Waals surface area contributed by atoms with Gasteiger partial charge in [-0.25, -0.2) is 8.42 Å². The Bertz CT molecular complexity index is 733. The number of rotatable bonds is 6. The van der Waals surface area contributed by atoms with Gasteiger partial charge in [0.25, 0.3) is 0 Å². The number of hydrogen-bond donors (Lipinski definition) is 0. The first-order chi connectivity index (χ1) is 11.8. The first kappa shape index (κ1) is 19.5. The van der Waals surface area contributed by atoms with E-state index in [1.54, 1.807) is 34.9 Å². The van der Waals surface area contributed by atoms with Crippen molar-refractivity contribution in [3.05, 3.63) is 29.3 Å². The lowest BCUT2D eigenvalue weighted by molar-refractivity contribution is -0.136. The van der Waals surface area contributed by atoms with E-state index in [1.165, 1.54) is 6.07 Å². The number of benzene rings is 1. The van der Waals surface area contributed by atoms with Crippen LogP contribution in [0.15, 0.2) is 24.3 Å². The summed E-state index contributed by atoms with van der Waals surface area (Å²) in [6.07, 6.45) is 2.16. The molecule has 9 heteroatoms. The Kier molecular flexibility index (Phi) is 6.29. The van der Waals surface area contributed by atoms with Crippen molar-refractivity contribution in [2.24, 2.45) is 0 Å². The van der Waals surface area contributed by atoms with Gasteiger partial charge in [-0.2, -0.15) is 0 Å². The lowest BCUT2D eigenvalue weighted by Crippen LogP contribution is -2.55. The number of amides is 2. The number of hydrogen-bond acceptors (Lipinski definition) is 4. The summed E-state index contributed by atoms with van der Waals surface area (Å²) in [5.41, 5.74) is 0.363. The summed E-state index contributed by atoms with van der Waals surface area (Å²) in [5.74, 6) is -0.265. The van der Waals surface area contributed by atoms with Crippen molar-refractivity contribution in [1.29, 1.82) is 0 Å². The Morgan fingerprint density at radius 2 is 1.96 bits per heavy atom. The molecule has 0 bridgehead atoms. The third kappa shape index (κ3) is 4.64. The zero-order valence-electron chi connectivity index (χ0n) is 14.3. The fraction of sp³-hybridized carbons (Fsp3) is 0.500. The summed E-state index contributed by atoms with van der Waals surface area (Å²) in [7, 11) is -3.68. The molecular formula is C16H22ClN3O4S. The van der Waals surface area contributed by atoms with Crippen LogP contribution >= 0.6 is 11.6 Å². The van der Waals surface area contributed by atoms with E-state index in [0.717, 1.165) is 17.0 Å². The average molecular weight is 388 g/mol. The van der Waals surface area contributed by atoms with Gasteiger partial charge in [0.05, 0.1) is 11.9 Å². The average Bonchev–Trinajstić information content (AvgIpc) is 2.58. The molecule has 1 aliphatic rings. The van der Waals surface area contributed by atoms with E-state index >= 15 is 0 Å². The van der Waals surface area contributed by atoms with Crippen LogP contribution in [0, 0.1) is 0 Å². The Morgan fingerprint density at radius 1 is 1.32 bits per heavy atom. The molecule has 0 N–H and O–H groups in total. The van der Waals surface area contributed by atoms with E-state index in [1.807, 2.05) is 0 Å². The molecule has 7 nitrogen and oxygen atoms in total. The van der Waals surface area contributed by atoms with Gasteiger partial charge in [-0.05, 0) is 24.6 Å². The Hall–Kier alpha value is -1.80. The SMILES string of the molecule is CC[C@H](C(=O)N1CCN(C=O)CC1)N(c1cccc(Cl)c1)S(C)(=O)=O. The molecule has 0 aromatic heterocycles. The van der Waals surface area contributed by atoms with Gasteiger partial charge in [0.2, 0.25) is 22.3 Å². The molecule has 25 heavy (non-hydrogen) atoms. The third-order valence-electron chi connectivity index (χ3n) is 4.15. The summed E-state index contributed by atoms with van der Waals surface area (Å²) in [6.45, 7) is 3.44. The number of carbonyl (C=O) groups excluding carboxylic acids is 2. The predicted molar refractivity (Wildman–Crippen MR) is 97.1 cm³/mol. The van der Waals surface area contributed by atoms with E-state index in [4.69, 9.17) is 11.6 Å². The summed E-state index contributed by atoms with van der Waals surface area (Å²) in [5, 5.41) is 0.396.